The van der Waals surface area contributed by atoms with Crippen LogP contribution in [0.5, 0.6) is 0 Å². The van der Waals surface area contributed by atoms with Crippen LogP contribution in [0.25, 0.3) is 10.9 Å². The first kappa shape index (κ1) is 15.2. The predicted octanol–water partition coefficient (Wildman–Crippen LogP) is 1.81. The highest BCUT2D eigenvalue weighted by Crippen LogP contribution is 2.48. The van der Waals surface area contributed by atoms with Gasteiger partial charge in [0.25, 0.3) is 0 Å². The lowest BCUT2D eigenvalue weighted by Crippen LogP contribution is -2.47. The minimum Gasteiger partial charge on any atom is -0.469 e. The summed E-state index contributed by atoms with van der Waals surface area (Å²) >= 11 is 0. The van der Waals surface area contributed by atoms with Crippen LogP contribution in [-0.4, -0.2) is 35.2 Å². The summed E-state index contributed by atoms with van der Waals surface area (Å²) in [6.07, 6.45) is 3.39. The van der Waals surface area contributed by atoms with Crippen molar-refractivity contribution < 1.29 is 14.3 Å². The number of benzene rings is 1. The van der Waals surface area contributed by atoms with Gasteiger partial charge in [-0.2, -0.15) is 5.10 Å². The second-order valence-corrected chi connectivity index (χ2v) is 6.87. The molecule has 0 spiro atoms. The van der Waals surface area contributed by atoms with Gasteiger partial charge in [0, 0.05) is 11.4 Å². The Labute approximate surface area is 139 Å². The number of carbonyl (C=O) groups is 2. The first-order valence-electron chi connectivity index (χ1n) is 8.46. The SMILES string of the molecule is COC(=O)[C@H]1[C@H]2CC[C@@H](C2)[C@H]1NC(=O)Cc1[nH]nc2ccccc12. The second kappa shape index (κ2) is 5.92. The van der Waals surface area contributed by atoms with E-state index in [9.17, 15) is 9.59 Å². The summed E-state index contributed by atoms with van der Waals surface area (Å²) in [5, 5.41) is 11.2. The van der Waals surface area contributed by atoms with Gasteiger partial charge in [0.15, 0.2) is 0 Å². The Morgan fingerprint density at radius 2 is 2.08 bits per heavy atom. The average molecular weight is 327 g/mol. The summed E-state index contributed by atoms with van der Waals surface area (Å²) in [6, 6.07) is 7.62. The molecule has 4 rings (SSSR count). The molecule has 4 atom stereocenters. The molecule has 2 fully saturated rings. The molecule has 0 saturated heterocycles. The third-order valence-corrected chi connectivity index (χ3v) is 5.60. The Bertz CT molecular complexity index is 785. The lowest BCUT2D eigenvalue weighted by molar-refractivity contribution is -0.148. The van der Waals surface area contributed by atoms with Crippen molar-refractivity contribution in [3.8, 4) is 0 Å². The number of methoxy groups -OCH3 is 1. The maximum absolute atomic E-state index is 12.5. The zero-order valence-corrected chi connectivity index (χ0v) is 13.6. The Morgan fingerprint density at radius 1 is 1.29 bits per heavy atom. The van der Waals surface area contributed by atoms with E-state index < -0.39 is 0 Å². The summed E-state index contributed by atoms with van der Waals surface area (Å²) in [5.74, 6) is 0.272. The van der Waals surface area contributed by atoms with Gasteiger partial charge in [-0.05, 0) is 37.2 Å². The molecule has 2 N–H and O–H groups in total. The van der Waals surface area contributed by atoms with E-state index in [2.05, 4.69) is 15.5 Å². The Kier molecular flexibility index (Phi) is 3.75. The third-order valence-electron chi connectivity index (χ3n) is 5.60. The van der Waals surface area contributed by atoms with Gasteiger partial charge in [0.2, 0.25) is 5.91 Å². The summed E-state index contributed by atoms with van der Waals surface area (Å²) in [4.78, 5) is 24.6. The van der Waals surface area contributed by atoms with Crippen LogP contribution < -0.4 is 5.32 Å². The fourth-order valence-electron chi connectivity index (χ4n) is 4.52. The Hall–Kier alpha value is -2.37. The second-order valence-electron chi connectivity index (χ2n) is 6.87. The monoisotopic (exact) mass is 327 g/mol. The van der Waals surface area contributed by atoms with Crippen LogP contribution in [0.3, 0.4) is 0 Å². The van der Waals surface area contributed by atoms with Gasteiger partial charge < -0.3 is 10.1 Å². The number of esters is 1. The number of nitrogens with one attached hydrogen (secondary N) is 2. The van der Waals surface area contributed by atoms with Crippen LogP contribution in [-0.2, 0) is 20.7 Å². The van der Waals surface area contributed by atoms with Crippen LogP contribution in [0.4, 0.5) is 0 Å². The molecule has 0 unspecified atom stereocenters. The number of H-pyrrole nitrogens is 1. The molecular formula is C18H21N3O3. The predicted molar refractivity (Wildman–Crippen MR) is 88.1 cm³/mol. The largest absolute Gasteiger partial charge is 0.469 e. The first-order chi connectivity index (χ1) is 11.7. The number of aromatic amines is 1. The fourth-order valence-corrected chi connectivity index (χ4v) is 4.52. The van der Waals surface area contributed by atoms with Crippen molar-refractivity contribution in [3.63, 3.8) is 0 Å². The highest BCUT2D eigenvalue weighted by molar-refractivity contribution is 5.87. The molecule has 1 aromatic carbocycles. The van der Waals surface area contributed by atoms with Gasteiger partial charge in [0.05, 0.1) is 30.7 Å². The number of hydrogen-bond acceptors (Lipinski definition) is 4. The van der Waals surface area contributed by atoms with Crippen molar-refractivity contribution in [2.45, 2.75) is 31.7 Å². The molecule has 6 nitrogen and oxygen atoms in total. The molecule has 2 aromatic rings. The minimum absolute atomic E-state index is 0.0733. The Morgan fingerprint density at radius 3 is 2.92 bits per heavy atom. The lowest BCUT2D eigenvalue weighted by atomic mass is 9.84. The molecular weight excluding hydrogens is 306 g/mol. The molecule has 1 amide bonds. The molecule has 2 bridgehead atoms. The van der Waals surface area contributed by atoms with E-state index in [0.717, 1.165) is 35.9 Å². The van der Waals surface area contributed by atoms with E-state index in [1.807, 2.05) is 24.3 Å². The number of amides is 1. The Balaban J connectivity index is 1.48. The van der Waals surface area contributed by atoms with Crippen molar-refractivity contribution in [2.24, 2.45) is 17.8 Å². The number of para-hydroxylation sites is 1. The molecule has 1 heterocycles. The standard InChI is InChI=1S/C18H21N3O3/c1-24-18(23)16-10-6-7-11(8-10)17(16)19-15(22)9-14-12-4-2-3-5-13(12)20-21-14/h2-5,10-11,16-17H,6-9H2,1H3,(H,19,22)(H,20,21)/t10-,11-,16-,17+/m0/s1. The van der Waals surface area contributed by atoms with Crippen molar-refractivity contribution in [2.75, 3.05) is 7.11 Å². The average Bonchev–Trinajstić information content (AvgIpc) is 3.29. The van der Waals surface area contributed by atoms with E-state index in [4.69, 9.17) is 4.74 Å². The van der Waals surface area contributed by atoms with Crippen LogP contribution in [0.2, 0.25) is 0 Å². The topological polar surface area (TPSA) is 84.1 Å². The molecule has 2 aliphatic rings. The van der Waals surface area contributed by atoms with Crippen molar-refractivity contribution in [1.29, 1.82) is 0 Å². The summed E-state index contributed by atoms with van der Waals surface area (Å²) in [5.41, 5.74) is 1.66. The lowest BCUT2D eigenvalue weighted by Gasteiger charge is -2.29. The van der Waals surface area contributed by atoms with Crippen LogP contribution >= 0.6 is 0 Å². The molecule has 126 valence electrons. The minimum atomic E-state index is -0.198. The number of aromatic nitrogens is 2. The number of carbonyl (C=O) groups excluding carboxylic acids is 2. The van der Waals surface area contributed by atoms with Gasteiger partial charge in [-0.1, -0.05) is 18.2 Å². The van der Waals surface area contributed by atoms with Crippen molar-refractivity contribution in [1.82, 2.24) is 15.5 Å². The van der Waals surface area contributed by atoms with E-state index in [1.165, 1.54) is 7.11 Å². The molecule has 6 heteroatoms. The smallest absolute Gasteiger partial charge is 0.311 e. The molecule has 2 saturated carbocycles. The third kappa shape index (κ3) is 2.46. The zero-order chi connectivity index (χ0) is 16.7. The maximum atomic E-state index is 12.5. The van der Waals surface area contributed by atoms with Gasteiger partial charge in [-0.3, -0.25) is 14.7 Å². The van der Waals surface area contributed by atoms with E-state index in [-0.39, 0.29) is 30.3 Å². The fraction of sp³-hybridized carbons (Fsp3) is 0.500. The molecule has 24 heavy (non-hydrogen) atoms. The quantitative estimate of drug-likeness (QED) is 0.839. The van der Waals surface area contributed by atoms with Crippen LogP contribution in [0.15, 0.2) is 24.3 Å². The highest BCUT2D eigenvalue weighted by Gasteiger charge is 2.51. The summed E-state index contributed by atoms with van der Waals surface area (Å²) in [7, 11) is 1.42. The zero-order valence-electron chi connectivity index (χ0n) is 13.6. The summed E-state index contributed by atoms with van der Waals surface area (Å²) < 4.78 is 4.96. The molecule has 2 aliphatic carbocycles. The van der Waals surface area contributed by atoms with E-state index >= 15 is 0 Å². The number of hydrogen-bond donors (Lipinski definition) is 2. The number of ether oxygens (including phenoxy) is 1. The van der Waals surface area contributed by atoms with Gasteiger partial charge >= 0.3 is 5.97 Å². The molecule has 1 aromatic heterocycles. The van der Waals surface area contributed by atoms with E-state index in [0.29, 0.717) is 11.8 Å². The van der Waals surface area contributed by atoms with Gasteiger partial charge in [-0.25, -0.2) is 0 Å². The normalized spacial score (nSPS) is 28.2. The number of rotatable bonds is 4. The first-order valence-corrected chi connectivity index (χ1v) is 8.46. The van der Waals surface area contributed by atoms with Crippen molar-refractivity contribution in [3.05, 3.63) is 30.0 Å². The molecule has 0 aliphatic heterocycles. The van der Waals surface area contributed by atoms with Crippen LogP contribution in [0.1, 0.15) is 25.0 Å². The van der Waals surface area contributed by atoms with Crippen molar-refractivity contribution >= 4 is 22.8 Å². The van der Waals surface area contributed by atoms with Gasteiger partial charge in [-0.15, -0.1) is 0 Å². The molecule has 0 radical (unpaired) electrons. The van der Waals surface area contributed by atoms with Gasteiger partial charge in [0.1, 0.15) is 0 Å². The van der Waals surface area contributed by atoms with Crippen LogP contribution in [0, 0.1) is 17.8 Å². The maximum Gasteiger partial charge on any atom is 0.311 e. The highest BCUT2D eigenvalue weighted by atomic mass is 16.5. The van der Waals surface area contributed by atoms with E-state index in [1.54, 1.807) is 0 Å². The summed E-state index contributed by atoms with van der Waals surface area (Å²) in [6.45, 7) is 0. The number of nitrogens with zero attached hydrogens (tertiary/aromatic N) is 1. The number of fused-ring (bicyclic) bond motifs is 3.